The summed E-state index contributed by atoms with van der Waals surface area (Å²) in [6.07, 6.45) is 4.56. The average Bonchev–Trinajstić information content (AvgIpc) is 2.81. The van der Waals surface area contributed by atoms with Crippen LogP contribution < -0.4 is 21.3 Å². The summed E-state index contributed by atoms with van der Waals surface area (Å²) in [4.78, 5) is 23.0. The van der Waals surface area contributed by atoms with E-state index in [9.17, 15) is 9.18 Å². The first kappa shape index (κ1) is 25.3. The Kier molecular flexibility index (Phi) is 8.24. The summed E-state index contributed by atoms with van der Waals surface area (Å²) in [6, 6.07) is 15.7. The van der Waals surface area contributed by atoms with E-state index < -0.39 is 5.82 Å². The third-order valence-corrected chi connectivity index (χ3v) is 5.68. The van der Waals surface area contributed by atoms with E-state index in [4.69, 9.17) is 0 Å². The smallest absolute Gasteiger partial charge is 0.248 e. The number of halogens is 1. The van der Waals surface area contributed by atoms with Gasteiger partial charge in [0.15, 0.2) is 11.6 Å². The Morgan fingerprint density at radius 2 is 1.78 bits per heavy atom. The van der Waals surface area contributed by atoms with Crippen molar-refractivity contribution in [3.05, 3.63) is 78.3 Å². The van der Waals surface area contributed by atoms with Gasteiger partial charge in [-0.05, 0) is 56.7 Å². The Labute approximate surface area is 211 Å². The highest BCUT2D eigenvalue weighted by atomic mass is 19.1. The molecule has 0 radical (unpaired) electrons. The van der Waals surface area contributed by atoms with Crippen molar-refractivity contribution in [3.63, 3.8) is 0 Å². The van der Waals surface area contributed by atoms with Gasteiger partial charge in [0.25, 0.3) is 0 Å². The molecule has 36 heavy (non-hydrogen) atoms. The zero-order valence-corrected chi connectivity index (χ0v) is 20.8. The zero-order valence-electron chi connectivity index (χ0n) is 20.8. The van der Waals surface area contributed by atoms with Crippen LogP contribution in [-0.2, 0) is 4.79 Å². The molecule has 1 saturated heterocycles. The molecule has 2 atom stereocenters. The first-order valence-corrected chi connectivity index (χ1v) is 12.0. The highest BCUT2D eigenvalue weighted by molar-refractivity contribution is 5.99. The molecule has 188 valence electrons. The van der Waals surface area contributed by atoms with Gasteiger partial charge in [-0.3, -0.25) is 9.69 Å². The molecule has 1 aromatic heterocycles. The van der Waals surface area contributed by atoms with Crippen molar-refractivity contribution >= 4 is 34.7 Å². The van der Waals surface area contributed by atoms with Crippen LogP contribution in [0.2, 0.25) is 0 Å². The lowest BCUT2D eigenvalue weighted by molar-refractivity contribution is -0.111. The lowest BCUT2D eigenvalue weighted by Gasteiger charge is -2.35. The first-order valence-electron chi connectivity index (χ1n) is 12.0. The molecule has 1 fully saturated rings. The van der Waals surface area contributed by atoms with E-state index in [1.165, 1.54) is 0 Å². The largest absolute Gasteiger partial charge is 0.338 e. The monoisotopic (exact) mass is 489 g/mol. The third-order valence-electron chi connectivity index (χ3n) is 5.68. The van der Waals surface area contributed by atoms with Crippen LogP contribution in [0.1, 0.15) is 19.4 Å². The Hall–Kier alpha value is -3.82. The van der Waals surface area contributed by atoms with Gasteiger partial charge in [0, 0.05) is 54.9 Å². The third kappa shape index (κ3) is 7.34. The van der Waals surface area contributed by atoms with Crippen LogP contribution in [0.15, 0.2) is 66.9 Å². The Morgan fingerprint density at radius 1 is 1.08 bits per heavy atom. The molecule has 2 aromatic carbocycles. The van der Waals surface area contributed by atoms with Crippen LogP contribution in [0, 0.1) is 12.7 Å². The molecule has 4 N–H and O–H groups in total. The molecule has 0 aliphatic carbocycles. The van der Waals surface area contributed by atoms with Crippen LogP contribution in [0.25, 0.3) is 0 Å². The lowest BCUT2D eigenvalue weighted by atomic mass is 10.1. The molecule has 0 spiro atoms. The minimum atomic E-state index is -0.556. The standard InChI is InChI=1S/C27H32FN7O/c1-18-7-4-8-21(13-18)32-26-24(28)15-29-27(34-26)33-23-10-5-9-22(14-23)31-25(36)11-6-12-35-16-19(2)30-20(3)17-35/h4-11,13-15,19-20,30H,12,16-17H2,1-3H3,(H,31,36)(H2,29,32,33,34). The number of amides is 1. The predicted octanol–water partition coefficient (Wildman–Crippen LogP) is 4.59. The number of benzene rings is 2. The molecule has 0 saturated carbocycles. The molecular weight excluding hydrogens is 457 g/mol. The molecule has 2 heterocycles. The summed E-state index contributed by atoms with van der Waals surface area (Å²) in [5.41, 5.74) is 3.07. The number of rotatable bonds is 8. The quantitative estimate of drug-likeness (QED) is 0.344. The minimum Gasteiger partial charge on any atom is -0.338 e. The highest BCUT2D eigenvalue weighted by Crippen LogP contribution is 2.22. The fraction of sp³-hybridized carbons (Fsp3) is 0.296. The summed E-state index contributed by atoms with van der Waals surface area (Å²) in [5.74, 6) is -0.457. The van der Waals surface area contributed by atoms with E-state index in [-0.39, 0.29) is 17.7 Å². The van der Waals surface area contributed by atoms with Gasteiger partial charge in [-0.25, -0.2) is 9.37 Å². The number of hydrogen-bond acceptors (Lipinski definition) is 7. The van der Waals surface area contributed by atoms with Crippen LogP contribution in [0.3, 0.4) is 0 Å². The second-order valence-corrected chi connectivity index (χ2v) is 9.17. The number of hydrogen-bond donors (Lipinski definition) is 4. The van der Waals surface area contributed by atoms with E-state index in [0.29, 0.717) is 23.5 Å². The van der Waals surface area contributed by atoms with Gasteiger partial charge in [0.1, 0.15) is 0 Å². The predicted molar refractivity (Wildman–Crippen MR) is 142 cm³/mol. The normalized spacial score (nSPS) is 18.2. The topological polar surface area (TPSA) is 94.2 Å². The van der Waals surface area contributed by atoms with Gasteiger partial charge in [0.05, 0.1) is 6.20 Å². The Morgan fingerprint density at radius 3 is 2.53 bits per heavy atom. The van der Waals surface area contributed by atoms with E-state index in [1.54, 1.807) is 24.3 Å². The fourth-order valence-corrected chi connectivity index (χ4v) is 4.26. The van der Waals surface area contributed by atoms with Crippen molar-refractivity contribution < 1.29 is 9.18 Å². The van der Waals surface area contributed by atoms with Gasteiger partial charge in [0.2, 0.25) is 11.9 Å². The molecular formula is C27H32FN7O. The van der Waals surface area contributed by atoms with Gasteiger partial charge in [-0.2, -0.15) is 4.98 Å². The summed E-state index contributed by atoms with van der Waals surface area (Å²) >= 11 is 0. The van der Waals surface area contributed by atoms with E-state index >= 15 is 0 Å². The molecule has 2 unspecified atom stereocenters. The molecule has 0 bridgehead atoms. The maximum atomic E-state index is 14.3. The highest BCUT2D eigenvalue weighted by Gasteiger charge is 2.19. The van der Waals surface area contributed by atoms with Crippen LogP contribution >= 0.6 is 0 Å². The van der Waals surface area contributed by atoms with Crippen molar-refractivity contribution in [1.29, 1.82) is 0 Å². The SMILES string of the molecule is Cc1cccc(Nc2nc(Nc3cccc(NC(=O)C=CCN4CC(C)NC(C)C4)c3)ncc2F)c1. The maximum Gasteiger partial charge on any atom is 0.248 e. The number of nitrogens with zero attached hydrogens (tertiary/aromatic N) is 3. The molecule has 8 nitrogen and oxygen atoms in total. The molecule has 1 amide bonds. The van der Waals surface area contributed by atoms with Crippen molar-refractivity contribution in [2.45, 2.75) is 32.9 Å². The Balaban J connectivity index is 1.35. The van der Waals surface area contributed by atoms with Crippen molar-refractivity contribution in [2.75, 3.05) is 35.6 Å². The van der Waals surface area contributed by atoms with Crippen LogP contribution in [-0.4, -0.2) is 52.5 Å². The zero-order chi connectivity index (χ0) is 25.5. The molecule has 4 rings (SSSR count). The molecule has 1 aliphatic heterocycles. The number of piperazine rings is 1. The first-order chi connectivity index (χ1) is 17.3. The number of aromatic nitrogens is 2. The average molecular weight is 490 g/mol. The second-order valence-electron chi connectivity index (χ2n) is 9.17. The summed E-state index contributed by atoms with van der Waals surface area (Å²) < 4.78 is 14.3. The van der Waals surface area contributed by atoms with Crippen LogP contribution in [0.4, 0.5) is 33.2 Å². The van der Waals surface area contributed by atoms with E-state index in [0.717, 1.165) is 37.1 Å². The lowest BCUT2D eigenvalue weighted by Crippen LogP contribution is -2.54. The number of anilines is 5. The van der Waals surface area contributed by atoms with Gasteiger partial charge in [-0.1, -0.05) is 24.3 Å². The van der Waals surface area contributed by atoms with Gasteiger partial charge < -0.3 is 21.3 Å². The van der Waals surface area contributed by atoms with Crippen LogP contribution in [0.5, 0.6) is 0 Å². The molecule has 9 heteroatoms. The number of carbonyl (C=O) groups excluding carboxylic acids is 1. The van der Waals surface area contributed by atoms with Crippen molar-refractivity contribution in [3.8, 4) is 0 Å². The van der Waals surface area contributed by atoms with E-state index in [2.05, 4.69) is 50.0 Å². The van der Waals surface area contributed by atoms with Gasteiger partial charge in [-0.15, -0.1) is 0 Å². The van der Waals surface area contributed by atoms with Crippen molar-refractivity contribution in [1.82, 2.24) is 20.2 Å². The summed E-state index contributed by atoms with van der Waals surface area (Å²) in [7, 11) is 0. The second kappa shape index (κ2) is 11.7. The van der Waals surface area contributed by atoms with Gasteiger partial charge >= 0.3 is 0 Å². The van der Waals surface area contributed by atoms with Crippen molar-refractivity contribution in [2.24, 2.45) is 0 Å². The molecule has 3 aromatic rings. The maximum absolute atomic E-state index is 14.3. The fourth-order valence-electron chi connectivity index (χ4n) is 4.26. The number of nitrogens with one attached hydrogen (secondary N) is 4. The number of carbonyl (C=O) groups is 1. The Bertz CT molecular complexity index is 1220. The summed E-state index contributed by atoms with van der Waals surface area (Å²) in [6.45, 7) is 8.93. The van der Waals surface area contributed by atoms with E-state index in [1.807, 2.05) is 43.3 Å². The number of aryl methyl sites for hydroxylation is 1. The minimum absolute atomic E-state index is 0.0703. The summed E-state index contributed by atoms with van der Waals surface area (Å²) in [5, 5.41) is 12.4. The molecule has 1 aliphatic rings.